The molecule has 0 amide bonds. The molecule has 76 valence electrons. The van der Waals surface area contributed by atoms with Gasteiger partial charge in [0.2, 0.25) is 0 Å². The maximum Gasteiger partial charge on any atom is 0.307 e. The highest BCUT2D eigenvalue weighted by Crippen LogP contribution is 2.17. The molecule has 15 heavy (non-hydrogen) atoms. The predicted molar refractivity (Wildman–Crippen MR) is 57.5 cm³/mol. The zero-order chi connectivity index (χ0) is 11.3. The summed E-state index contributed by atoms with van der Waals surface area (Å²) >= 11 is 5.80. The van der Waals surface area contributed by atoms with E-state index in [1.165, 1.54) is 6.08 Å². The van der Waals surface area contributed by atoms with Crippen LogP contribution in [-0.4, -0.2) is 11.1 Å². The van der Waals surface area contributed by atoms with Crippen molar-refractivity contribution in [1.82, 2.24) is 0 Å². The number of carbonyl (C=O) groups is 1. The van der Waals surface area contributed by atoms with Crippen molar-refractivity contribution < 1.29 is 9.90 Å². The van der Waals surface area contributed by atoms with E-state index < -0.39 is 5.97 Å². The third-order valence-electron chi connectivity index (χ3n) is 1.72. The lowest BCUT2D eigenvalue weighted by molar-refractivity contribution is -0.135. The number of carboxylic acid groups (broad SMARTS) is 1. The minimum absolute atomic E-state index is 0.0301. The molecule has 0 bridgehead atoms. The topological polar surface area (TPSA) is 61.1 Å². The van der Waals surface area contributed by atoms with Gasteiger partial charge in [0, 0.05) is 0 Å². The molecule has 1 rings (SSSR count). The van der Waals surface area contributed by atoms with Crippen molar-refractivity contribution in [3.8, 4) is 6.07 Å². The molecule has 0 unspecified atom stereocenters. The van der Waals surface area contributed by atoms with Crippen LogP contribution in [-0.2, 0) is 4.79 Å². The van der Waals surface area contributed by atoms with Crippen LogP contribution < -0.4 is 0 Å². The van der Waals surface area contributed by atoms with Gasteiger partial charge in [-0.15, -0.1) is 0 Å². The number of benzene rings is 1. The zero-order valence-corrected chi connectivity index (χ0v) is 8.53. The summed E-state index contributed by atoms with van der Waals surface area (Å²) in [5.74, 6) is -0.883. The Hall–Kier alpha value is -1.79. The Balaban J connectivity index is 2.81. The number of halogens is 1. The van der Waals surface area contributed by atoms with E-state index in [1.54, 1.807) is 24.3 Å². The minimum Gasteiger partial charge on any atom is -0.481 e. The highest BCUT2D eigenvalue weighted by molar-refractivity contribution is 6.31. The van der Waals surface area contributed by atoms with Gasteiger partial charge in [0.05, 0.1) is 17.0 Å². The van der Waals surface area contributed by atoms with Crippen LogP contribution in [0.25, 0.3) is 6.08 Å². The van der Waals surface area contributed by atoms with Gasteiger partial charge in [-0.1, -0.05) is 29.8 Å². The number of rotatable bonds is 3. The van der Waals surface area contributed by atoms with Gasteiger partial charge in [-0.2, -0.15) is 5.26 Å². The molecule has 0 aromatic heterocycles. The van der Waals surface area contributed by atoms with E-state index >= 15 is 0 Å². The summed E-state index contributed by atoms with van der Waals surface area (Å²) in [7, 11) is 0. The fraction of sp³-hybridized carbons (Fsp3) is 0.0909. The fourth-order valence-corrected chi connectivity index (χ4v) is 1.25. The van der Waals surface area contributed by atoms with Crippen LogP contribution in [0.5, 0.6) is 0 Å². The number of hydrogen-bond acceptors (Lipinski definition) is 2. The lowest BCUT2D eigenvalue weighted by atomic mass is 10.1. The largest absolute Gasteiger partial charge is 0.481 e. The maximum absolute atomic E-state index is 10.2. The molecule has 1 aromatic rings. The lowest BCUT2D eigenvalue weighted by Gasteiger charge is -1.96. The third kappa shape index (κ3) is 3.45. The van der Waals surface area contributed by atoms with Gasteiger partial charge in [-0.3, -0.25) is 4.79 Å². The van der Waals surface area contributed by atoms with Crippen molar-refractivity contribution >= 4 is 23.6 Å². The summed E-state index contributed by atoms with van der Waals surface area (Å²) in [4.78, 5) is 10.2. The first kappa shape index (κ1) is 11.3. The molecule has 3 nitrogen and oxygen atoms in total. The molecular formula is C11H8ClNO2. The van der Waals surface area contributed by atoms with Crippen molar-refractivity contribution in [1.29, 1.82) is 5.26 Å². The smallest absolute Gasteiger partial charge is 0.307 e. The number of nitriles is 1. The highest BCUT2D eigenvalue weighted by Gasteiger charge is 1.98. The quantitative estimate of drug-likeness (QED) is 0.854. The number of hydrogen-bond donors (Lipinski definition) is 1. The second kappa shape index (κ2) is 5.18. The average molecular weight is 222 g/mol. The molecule has 4 heteroatoms. The number of aliphatic carboxylic acids is 1. The third-order valence-corrected chi connectivity index (χ3v) is 2.03. The van der Waals surface area contributed by atoms with Crippen LogP contribution >= 0.6 is 11.6 Å². The number of nitrogens with zero attached hydrogens (tertiary/aromatic N) is 1. The molecule has 0 saturated carbocycles. The highest BCUT2D eigenvalue weighted by atomic mass is 35.5. The minimum atomic E-state index is -0.883. The number of carboxylic acids is 1. The summed E-state index contributed by atoms with van der Waals surface area (Å²) in [6.07, 6.45) is 3.15. The van der Waals surface area contributed by atoms with Crippen molar-refractivity contribution in [2.75, 3.05) is 0 Å². The Bertz CT molecular complexity index is 446. The molecule has 0 fully saturated rings. The van der Waals surface area contributed by atoms with Crippen molar-refractivity contribution in [2.24, 2.45) is 0 Å². The molecule has 0 spiro atoms. The van der Waals surface area contributed by atoms with Crippen LogP contribution in [0.3, 0.4) is 0 Å². The molecule has 0 aliphatic rings. The molecule has 0 heterocycles. The summed E-state index contributed by atoms with van der Waals surface area (Å²) in [5.41, 5.74) is 1.19. The van der Waals surface area contributed by atoms with Gasteiger partial charge in [0.1, 0.15) is 6.07 Å². The van der Waals surface area contributed by atoms with Crippen LogP contribution in [0, 0.1) is 11.3 Å². The Morgan fingerprint density at radius 1 is 1.60 bits per heavy atom. The molecule has 0 atom stereocenters. The van der Waals surface area contributed by atoms with E-state index in [0.717, 1.165) is 5.56 Å². The van der Waals surface area contributed by atoms with Crippen LogP contribution in [0.15, 0.2) is 24.3 Å². The maximum atomic E-state index is 10.2. The van der Waals surface area contributed by atoms with Gasteiger partial charge in [0.25, 0.3) is 0 Å². The summed E-state index contributed by atoms with van der Waals surface area (Å²) < 4.78 is 0. The van der Waals surface area contributed by atoms with Gasteiger partial charge in [-0.05, 0) is 17.7 Å². The van der Waals surface area contributed by atoms with Crippen LogP contribution in [0.4, 0.5) is 0 Å². The van der Waals surface area contributed by atoms with E-state index in [4.69, 9.17) is 22.0 Å². The molecule has 1 aromatic carbocycles. The summed E-state index contributed by atoms with van der Waals surface area (Å²) in [6, 6.07) is 6.88. The molecule has 1 N–H and O–H groups in total. The average Bonchev–Trinajstić information content (AvgIpc) is 2.17. The van der Waals surface area contributed by atoms with Crippen molar-refractivity contribution in [3.05, 3.63) is 40.4 Å². The van der Waals surface area contributed by atoms with Crippen molar-refractivity contribution in [3.63, 3.8) is 0 Å². The Morgan fingerprint density at radius 2 is 2.33 bits per heavy atom. The lowest BCUT2D eigenvalue weighted by Crippen LogP contribution is -1.89. The van der Waals surface area contributed by atoms with E-state index in [2.05, 4.69) is 0 Å². The Kier molecular flexibility index (Phi) is 3.90. The first-order chi connectivity index (χ1) is 7.13. The first-order valence-corrected chi connectivity index (χ1v) is 4.59. The van der Waals surface area contributed by atoms with E-state index in [-0.39, 0.29) is 6.42 Å². The summed E-state index contributed by atoms with van der Waals surface area (Å²) in [5, 5.41) is 17.4. The van der Waals surface area contributed by atoms with Crippen LogP contribution in [0.1, 0.15) is 17.5 Å². The van der Waals surface area contributed by atoms with Gasteiger partial charge >= 0.3 is 5.97 Å². The van der Waals surface area contributed by atoms with Gasteiger partial charge < -0.3 is 5.11 Å². The zero-order valence-electron chi connectivity index (χ0n) is 7.77. The molecule has 0 aliphatic heterocycles. The van der Waals surface area contributed by atoms with Crippen molar-refractivity contribution in [2.45, 2.75) is 6.42 Å². The van der Waals surface area contributed by atoms with E-state index in [9.17, 15) is 4.79 Å². The molecular weight excluding hydrogens is 214 g/mol. The first-order valence-electron chi connectivity index (χ1n) is 4.21. The summed E-state index contributed by atoms with van der Waals surface area (Å²) in [6.45, 7) is 0. The molecule has 0 radical (unpaired) electrons. The molecule has 0 saturated heterocycles. The second-order valence-electron chi connectivity index (χ2n) is 2.85. The standard InChI is InChI=1S/C11H8ClNO2/c12-10-6-8(2-1-3-11(14)15)4-5-9(10)7-13/h1-2,4-6H,3H2,(H,14,15). The molecule has 0 aliphatic carbocycles. The monoisotopic (exact) mass is 221 g/mol. The Labute approximate surface area is 92.2 Å². The fourth-order valence-electron chi connectivity index (χ4n) is 1.02. The van der Waals surface area contributed by atoms with Crippen LogP contribution in [0.2, 0.25) is 5.02 Å². The van der Waals surface area contributed by atoms with E-state index in [0.29, 0.717) is 10.6 Å². The predicted octanol–water partition coefficient (Wildman–Crippen LogP) is 2.70. The second-order valence-corrected chi connectivity index (χ2v) is 3.26. The van der Waals surface area contributed by atoms with E-state index in [1.807, 2.05) is 6.07 Å². The van der Waals surface area contributed by atoms with Gasteiger partial charge in [-0.25, -0.2) is 0 Å². The van der Waals surface area contributed by atoms with Gasteiger partial charge in [0.15, 0.2) is 0 Å². The SMILES string of the molecule is N#Cc1ccc(C=CCC(=O)O)cc1Cl. The normalized spacial score (nSPS) is 10.1. The Morgan fingerprint density at radius 3 is 2.87 bits per heavy atom.